The summed E-state index contributed by atoms with van der Waals surface area (Å²) in [6.07, 6.45) is -2.48. The van der Waals surface area contributed by atoms with Crippen molar-refractivity contribution in [2.75, 3.05) is 37.4 Å². The highest BCUT2D eigenvalue weighted by atomic mass is 32.2. The number of aromatic nitrogens is 2. The number of fused-ring (bicyclic) bond motifs is 1. The number of aliphatic hydroxyl groups excluding tert-OH is 1. The molecule has 1 aliphatic rings. The standard InChI is InChI=1S/C28H33F3N6O6S/c1-17-12-37(18(2)15-38)26(39)22-11-21(34-27(40)33-20-7-5-19(6-8-20)28(29,30)31)9-10-23(22)43-24(17)13-36(4)44(41,42)25-14-35(3)16-32-25/h5-11,14,16-18,24,38H,12-13,15H2,1-4H3,(H2,33,34,40)/t17-,18-,24+/m1/s1. The molecular formula is C28H33F3N6O6S. The molecule has 12 nitrogen and oxygen atoms in total. The van der Waals surface area contributed by atoms with E-state index in [1.54, 1.807) is 14.0 Å². The topological polar surface area (TPSA) is 146 Å². The molecule has 3 N–H and O–H groups in total. The summed E-state index contributed by atoms with van der Waals surface area (Å²) in [5.74, 6) is -0.707. The lowest BCUT2D eigenvalue weighted by molar-refractivity contribution is -0.137. The van der Waals surface area contributed by atoms with E-state index in [0.29, 0.717) is 0 Å². The average Bonchev–Trinajstić information content (AvgIpc) is 3.41. The largest absolute Gasteiger partial charge is 0.488 e. The van der Waals surface area contributed by atoms with Crippen LogP contribution < -0.4 is 15.4 Å². The van der Waals surface area contributed by atoms with Gasteiger partial charge in [-0.25, -0.2) is 18.2 Å². The van der Waals surface area contributed by atoms with Crippen molar-refractivity contribution in [2.45, 2.75) is 37.2 Å². The van der Waals surface area contributed by atoms with Crippen molar-refractivity contribution in [1.29, 1.82) is 0 Å². The van der Waals surface area contributed by atoms with E-state index in [4.69, 9.17) is 4.74 Å². The molecule has 0 unspecified atom stereocenters. The van der Waals surface area contributed by atoms with Gasteiger partial charge in [-0.3, -0.25) is 4.79 Å². The Morgan fingerprint density at radius 2 is 1.82 bits per heavy atom. The number of carbonyl (C=O) groups excluding carboxylic acids is 2. The number of amides is 3. The van der Waals surface area contributed by atoms with Crippen LogP contribution in [0.2, 0.25) is 0 Å². The summed E-state index contributed by atoms with van der Waals surface area (Å²) in [7, 11) is -0.894. The Balaban J connectivity index is 1.58. The summed E-state index contributed by atoms with van der Waals surface area (Å²) < 4.78 is 73.6. The number of benzene rings is 2. The number of nitrogens with zero attached hydrogens (tertiary/aromatic N) is 4. The monoisotopic (exact) mass is 638 g/mol. The van der Waals surface area contributed by atoms with Crippen LogP contribution in [0.25, 0.3) is 0 Å². The quantitative estimate of drug-likeness (QED) is 0.342. The van der Waals surface area contributed by atoms with Gasteiger partial charge < -0.3 is 29.9 Å². The normalized spacial score (nSPS) is 18.2. The zero-order valence-corrected chi connectivity index (χ0v) is 25.2. The van der Waals surface area contributed by atoms with Crippen LogP contribution in [0.3, 0.4) is 0 Å². The number of imidazole rings is 1. The van der Waals surface area contributed by atoms with Gasteiger partial charge in [-0.15, -0.1) is 0 Å². The number of anilines is 2. The molecule has 3 atom stereocenters. The van der Waals surface area contributed by atoms with Crippen LogP contribution in [0.1, 0.15) is 29.8 Å². The molecule has 238 valence electrons. The van der Waals surface area contributed by atoms with Crippen molar-refractivity contribution in [1.82, 2.24) is 18.8 Å². The van der Waals surface area contributed by atoms with Crippen LogP contribution in [-0.4, -0.2) is 83.1 Å². The van der Waals surface area contributed by atoms with Gasteiger partial charge in [0.1, 0.15) is 11.9 Å². The number of likely N-dealkylation sites (N-methyl/N-ethyl adjacent to an activating group) is 1. The average molecular weight is 639 g/mol. The first-order valence-electron chi connectivity index (χ1n) is 13.5. The highest BCUT2D eigenvalue weighted by Crippen LogP contribution is 2.32. The van der Waals surface area contributed by atoms with Crippen LogP contribution in [-0.2, 0) is 23.2 Å². The Morgan fingerprint density at radius 3 is 2.41 bits per heavy atom. The SMILES string of the molecule is C[C@@H]1CN([C@H](C)CO)C(=O)c2cc(NC(=O)Nc3ccc(C(F)(F)F)cc3)ccc2O[C@H]1CN(C)S(=O)(=O)c1cn(C)cn1. The number of rotatable bonds is 8. The van der Waals surface area contributed by atoms with Gasteiger partial charge in [0.25, 0.3) is 15.9 Å². The van der Waals surface area contributed by atoms with Crippen molar-refractivity contribution in [3.05, 3.63) is 66.1 Å². The van der Waals surface area contributed by atoms with Crippen molar-refractivity contribution in [3.8, 4) is 5.75 Å². The molecule has 0 aliphatic carbocycles. The Kier molecular flexibility index (Phi) is 9.56. The zero-order valence-electron chi connectivity index (χ0n) is 24.4. The first-order chi connectivity index (χ1) is 20.6. The molecule has 4 rings (SSSR count). The van der Waals surface area contributed by atoms with Crippen LogP contribution in [0.4, 0.5) is 29.3 Å². The lowest BCUT2D eigenvalue weighted by atomic mass is 9.99. The molecule has 0 saturated heterocycles. The maximum Gasteiger partial charge on any atom is 0.416 e. The molecule has 0 radical (unpaired) electrons. The Labute approximate surface area is 252 Å². The van der Waals surface area contributed by atoms with Crippen molar-refractivity contribution < 1.29 is 41.0 Å². The number of aliphatic hydroxyl groups is 1. The molecule has 2 heterocycles. The highest BCUT2D eigenvalue weighted by molar-refractivity contribution is 7.89. The van der Waals surface area contributed by atoms with E-state index in [1.807, 2.05) is 6.92 Å². The third-order valence-electron chi connectivity index (χ3n) is 7.19. The van der Waals surface area contributed by atoms with E-state index in [0.717, 1.165) is 28.6 Å². The minimum Gasteiger partial charge on any atom is -0.488 e. The van der Waals surface area contributed by atoms with Gasteiger partial charge in [-0.05, 0) is 49.4 Å². The second-order valence-electron chi connectivity index (χ2n) is 10.7. The highest BCUT2D eigenvalue weighted by Gasteiger charge is 2.36. The first-order valence-corrected chi connectivity index (χ1v) is 15.0. The molecule has 2 aromatic carbocycles. The van der Waals surface area contributed by atoms with Gasteiger partial charge in [0.05, 0.1) is 36.6 Å². The lowest BCUT2D eigenvalue weighted by Crippen LogP contribution is -2.50. The van der Waals surface area contributed by atoms with Crippen LogP contribution in [0, 0.1) is 5.92 Å². The maximum absolute atomic E-state index is 13.7. The van der Waals surface area contributed by atoms with E-state index < -0.39 is 45.8 Å². The predicted molar refractivity (Wildman–Crippen MR) is 155 cm³/mol. The number of nitrogens with one attached hydrogen (secondary N) is 2. The molecule has 1 aliphatic heterocycles. The zero-order chi connectivity index (χ0) is 32.4. The van der Waals surface area contributed by atoms with Gasteiger partial charge in [0.15, 0.2) is 5.03 Å². The summed E-state index contributed by atoms with van der Waals surface area (Å²) in [4.78, 5) is 31.7. The summed E-state index contributed by atoms with van der Waals surface area (Å²) >= 11 is 0. The van der Waals surface area contributed by atoms with Gasteiger partial charge >= 0.3 is 12.2 Å². The summed E-state index contributed by atoms with van der Waals surface area (Å²) in [5.41, 5.74) is -0.504. The molecule has 1 aromatic heterocycles. The second kappa shape index (κ2) is 12.8. The Morgan fingerprint density at radius 1 is 1.18 bits per heavy atom. The number of alkyl halides is 3. The first kappa shape index (κ1) is 32.8. The number of aryl methyl sites for hydroxylation is 1. The van der Waals surface area contributed by atoms with E-state index in [1.165, 1.54) is 47.2 Å². The van der Waals surface area contributed by atoms with Gasteiger partial charge in [0, 0.05) is 44.1 Å². The molecule has 0 spiro atoms. The van der Waals surface area contributed by atoms with Crippen molar-refractivity contribution in [2.24, 2.45) is 13.0 Å². The minimum absolute atomic E-state index is 0.0600. The van der Waals surface area contributed by atoms with E-state index in [-0.39, 0.29) is 53.3 Å². The number of hydrogen-bond donors (Lipinski definition) is 3. The third-order valence-corrected chi connectivity index (χ3v) is 8.89. The molecule has 44 heavy (non-hydrogen) atoms. The van der Waals surface area contributed by atoms with E-state index in [9.17, 15) is 36.3 Å². The molecule has 3 amide bonds. The number of hydrogen-bond acceptors (Lipinski definition) is 7. The smallest absolute Gasteiger partial charge is 0.416 e. The summed E-state index contributed by atoms with van der Waals surface area (Å²) in [6.45, 7) is 3.20. The summed E-state index contributed by atoms with van der Waals surface area (Å²) in [5, 5.41) is 14.7. The fraction of sp³-hybridized carbons (Fsp3) is 0.393. The minimum atomic E-state index is -4.52. The molecule has 0 fully saturated rings. The number of halogens is 3. The van der Waals surface area contributed by atoms with E-state index in [2.05, 4.69) is 15.6 Å². The number of carbonyl (C=O) groups is 2. The lowest BCUT2D eigenvalue weighted by Gasteiger charge is -2.38. The van der Waals surface area contributed by atoms with Gasteiger partial charge in [-0.2, -0.15) is 17.5 Å². The Hall–Kier alpha value is -4.15. The van der Waals surface area contributed by atoms with Crippen LogP contribution in [0.15, 0.2) is 60.0 Å². The van der Waals surface area contributed by atoms with Crippen molar-refractivity contribution >= 4 is 33.3 Å². The number of ether oxygens (including phenoxy) is 1. The third kappa shape index (κ3) is 7.31. The molecular weight excluding hydrogens is 605 g/mol. The summed E-state index contributed by atoms with van der Waals surface area (Å²) in [6, 6.07) is 6.85. The van der Waals surface area contributed by atoms with Crippen LogP contribution >= 0.6 is 0 Å². The van der Waals surface area contributed by atoms with Crippen LogP contribution in [0.5, 0.6) is 5.75 Å². The molecule has 0 bridgehead atoms. The molecule has 16 heteroatoms. The van der Waals surface area contributed by atoms with Gasteiger partial charge in [0.2, 0.25) is 0 Å². The van der Waals surface area contributed by atoms with Crippen molar-refractivity contribution in [3.63, 3.8) is 0 Å². The fourth-order valence-electron chi connectivity index (χ4n) is 4.59. The predicted octanol–water partition coefficient (Wildman–Crippen LogP) is 3.62. The molecule has 3 aromatic rings. The maximum atomic E-state index is 13.7. The van der Waals surface area contributed by atoms with E-state index >= 15 is 0 Å². The Bertz CT molecular complexity index is 1610. The number of sulfonamides is 1. The molecule has 0 saturated carbocycles. The fourth-order valence-corrected chi connectivity index (χ4v) is 5.73. The number of urea groups is 1. The van der Waals surface area contributed by atoms with Gasteiger partial charge in [-0.1, -0.05) is 6.92 Å². The second-order valence-corrected chi connectivity index (χ2v) is 12.6.